The molecule has 4 atom stereocenters. The molecule has 4 heteroatoms. The van der Waals surface area contributed by atoms with E-state index in [1.54, 1.807) is 0 Å². The largest absolute Gasteiger partial charge is 0.395 e. The summed E-state index contributed by atoms with van der Waals surface area (Å²) in [6.07, 6.45) is 6.84. The molecule has 0 bridgehead atoms. The molecule has 0 aliphatic heterocycles. The zero-order chi connectivity index (χ0) is 18.8. The summed E-state index contributed by atoms with van der Waals surface area (Å²) in [5.74, 6) is 0.756. The van der Waals surface area contributed by atoms with Gasteiger partial charge in [-0.25, -0.2) is 0 Å². The van der Waals surface area contributed by atoms with Gasteiger partial charge in [0.25, 0.3) is 0 Å². The molecular weight excluding hydrogens is 324 g/mol. The Hall–Kier alpha value is -1.39. The van der Waals surface area contributed by atoms with Crippen LogP contribution in [-0.4, -0.2) is 49.1 Å². The van der Waals surface area contributed by atoms with Gasteiger partial charge in [0, 0.05) is 24.1 Å². The molecule has 2 aliphatic carbocycles. The maximum atomic E-state index is 11.5. The van der Waals surface area contributed by atoms with E-state index in [9.17, 15) is 5.11 Å². The molecule has 1 aromatic carbocycles. The predicted molar refractivity (Wildman–Crippen MR) is 107 cm³/mol. The summed E-state index contributed by atoms with van der Waals surface area (Å²) in [6.45, 7) is 5.84. The van der Waals surface area contributed by atoms with Crippen molar-refractivity contribution in [1.82, 2.24) is 4.90 Å². The molecule has 26 heavy (non-hydrogen) atoms. The normalized spacial score (nSPS) is 34.4. The fraction of sp³-hybridized carbons (Fsp3) is 0.682. The van der Waals surface area contributed by atoms with Gasteiger partial charge >= 0.3 is 0 Å². The van der Waals surface area contributed by atoms with Crippen LogP contribution in [-0.2, 0) is 4.84 Å². The van der Waals surface area contributed by atoms with Gasteiger partial charge in [0.05, 0.1) is 5.60 Å². The number of oxime groups is 1. The van der Waals surface area contributed by atoms with Crippen molar-refractivity contribution in [3.05, 3.63) is 35.4 Å². The number of hydrogen-bond acceptors (Lipinski definition) is 4. The molecule has 1 N–H and O–H groups in total. The lowest BCUT2D eigenvalue weighted by Gasteiger charge is -2.48. The zero-order valence-electron chi connectivity index (χ0n) is 16.7. The van der Waals surface area contributed by atoms with Crippen LogP contribution in [0.5, 0.6) is 0 Å². The molecule has 1 aromatic rings. The fourth-order valence-corrected chi connectivity index (χ4v) is 4.84. The number of aliphatic hydroxyl groups is 1. The summed E-state index contributed by atoms with van der Waals surface area (Å²) in [6, 6.07) is 8.84. The molecule has 4 nitrogen and oxygen atoms in total. The van der Waals surface area contributed by atoms with Gasteiger partial charge in [-0.15, -0.1) is 0 Å². The van der Waals surface area contributed by atoms with E-state index in [0.717, 1.165) is 38.6 Å². The van der Waals surface area contributed by atoms with E-state index in [1.807, 2.05) is 20.3 Å². The minimum atomic E-state index is -0.596. The Morgan fingerprint density at radius 1 is 1.23 bits per heavy atom. The van der Waals surface area contributed by atoms with Gasteiger partial charge in [-0.1, -0.05) is 41.9 Å². The number of likely N-dealkylation sites (N-methyl/N-ethyl adjacent to an activating group) is 1. The molecule has 0 heterocycles. The van der Waals surface area contributed by atoms with Gasteiger partial charge in [-0.3, -0.25) is 0 Å². The third-order valence-corrected chi connectivity index (χ3v) is 6.84. The van der Waals surface area contributed by atoms with Crippen molar-refractivity contribution in [2.45, 2.75) is 57.5 Å². The van der Waals surface area contributed by atoms with Crippen molar-refractivity contribution < 1.29 is 9.94 Å². The Morgan fingerprint density at radius 3 is 2.65 bits per heavy atom. The van der Waals surface area contributed by atoms with E-state index in [2.05, 4.69) is 48.2 Å². The fourth-order valence-electron chi connectivity index (χ4n) is 4.84. The smallest absolute Gasteiger partial charge is 0.129 e. The van der Waals surface area contributed by atoms with Crippen LogP contribution in [0.2, 0.25) is 0 Å². The van der Waals surface area contributed by atoms with Crippen LogP contribution in [0.3, 0.4) is 0 Å². The van der Waals surface area contributed by atoms with Crippen molar-refractivity contribution in [3.8, 4) is 0 Å². The van der Waals surface area contributed by atoms with Gasteiger partial charge in [0.1, 0.15) is 6.61 Å². The number of aryl methyl sites for hydroxylation is 1. The Morgan fingerprint density at radius 2 is 1.96 bits per heavy atom. The quantitative estimate of drug-likeness (QED) is 0.475. The first-order chi connectivity index (χ1) is 12.3. The lowest BCUT2D eigenvalue weighted by atomic mass is 9.59. The van der Waals surface area contributed by atoms with E-state index >= 15 is 0 Å². The highest BCUT2D eigenvalue weighted by molar-refractivity contribution is 5.62. The van der Waals surface area contributed by atoms with Gasteiger partial charge < -0.3 is 14.8 Å². The van der Waals surface area contributed by atoms with Crippen molar-refractivity contribution in [3.63, 3.8) is 0 Å². The highest BCUT2D eigenvalue weighted by Gasteiger charge is 2.58. The number of rotatable bonds is 6. The Bertz CT molecular complexity index is 628. The number of benzene rings is 1. The third kappa shape index (κ3) is 3.81. The van der Waals surface area contributed by atoms with Crippen LogP contribution < -0.4 is 0 Å². The standard InChI is InChI=1S/C22H34N2O2/c1-17-5-7-18(8-6-17)19-9-11-21(2)20(10-12-22(21,25)15-19)16-23-26-14-13-24(3)4/h5-8,16,19-20,25H,9-15H2,1-4H3/t19-,20+,21+,22-/m0/s1. The Labute approximate surface area is 158 Å². The lowest BCUT2D eigenvalue weighted by Crippen LogP contribution is -2.49. The summed E-state index contributed by atoms with van der Waals surface area (Å²) in [5.41, 5.74) is 1.97. The number of fused-ring (bicyclic) bond motifs is 1. The average molecular weight is 359 g/mol. The van der Waals surface area contributed by atoms with Gasteiger partial charge in [-0.05, 0) is 64.6 Å². The van der Waals surface area contributed by atoms with Crippen LogP contribution >= 0.6 is 0 Å². The molecular formula is C22H34N2O2. The molecule has 0 unspecified atom stereocenters. The summed E-state index contributed by atoms with van der Waals surface area (Å²) in [7, 11) is 4.05. The third-order valence-electron chi connectivity index (χ3n) is 6.84. The summed E-state index contributed by atoms with van der Waals surface area (Å²) >= 11 is 0. The minimum Gasteiger partial charge on any atom is -0.395 e. The van der Waals surface area contributed by atoms with Crippen molar-refractivity contribution in [1.29, 1.82) is 0 Å². The topological polar surface area (TPSA) is 45.1 Å². The molecule has 2 aliphatic rings. The van der Waals surface area contributed by atoms with E-state index < -0.39 is 5.60 Å². The number of nitrogens with zero attached hydrogens (tertiary/aromatic N) is 2. The second-order valence-corrected chi connectivity index (χ2v) is 8.84. The Balaban J connectivity index is 1.64. The molecule has 0 aromatic heterocycles. The molecule has 2 saturated carbocycles. The average Bonchev–Trinajstić information content (AvgIpc) is 2.86. The zero-order valence-corrected chi connectivity index (χ0v) is 16.7. The molecule has 2 fully saturated rings. The maximum Gasteiger partial charge on any atom is 0.129 e. The highest BCUT2D eigenvalue weighted by atomic mass is 16.6. The van der Waals surface area contributed by atoms with Crippen LogP contribution in [0.1, 0.15) is 56.1 Å². The lowest BCUT2D eigenvalue weighted by molar-refractivity contribution is -0.0959. The molecule has 144 valence electrons. The second-order valence-electron chi connectivity index (χ2n) is 8.84. The molecule has 3 rings (SSSR count). The summed E-state index contributed by atoms with van der Waals surface area (Å²) < 4.78 is 0. The second kappa shape index (κ2) is 7.69. The van der Waals surface area contributed by atoms with Crippen molar-refractivity contribution in [2.24, 2.45) is 16.5 Å². The summed E-state index contributed by atoms with van der Waals surface area (Å²) in [4.78, 5) is 7.49. The van der Waals surface area contributed by atoms with E-state index in [1.165, 1.54) is 11.1 Å². The van der Waals surface area contributed by atoms with Crippen LogP contribution in [0.4, 0.5) is 0 Å². The maximum absolute atomic E-state index is 11.5. The van der Waals surface area contributed by atoms with Crippen molar-refractivity contribution >= 4 is 6.21 Å². The van der Waals surface area contributed by atoms with Gasteiger partial charge in [0.2, 0.25) is 0 Å². The van der Waals surface area contributed by atoms with E-state index in [4.69, 9.17) is 4.84 Å². The van der Waals surface area contributed by atoms with E-state index in [-0.39, 0.29) is 5.41 Å². The SMILES string of the molecule is Cc1ccc([C@H]2CC[C@]3(C)[C@@H](C=NOCCN(C)C)CC[C@]3(O)C2)cc1. The Kier molecular flexibility index (Phi) is 5.73. The minimum absolute atomic E-state index is 0.0946. The summed E-state index contributed by atoms with van der Waals surface area (Å²) in [5, 5.41) is 15.7. The molecule has 0 amide bonds. The van der Waals surface area contributed by atoms with Crippen LogP contribution in [0, 0.1) is 18.3 Å². The monoisotopic (exact) mass is 358 g/mol. The van der Waals surface area contributed by atoms with E-state index in [0.29, 0.717) is 18.4 Å². The van der Waals surface area contributed by atoms with Gasteiger partial charge in [0.15, 0.2) is 0 Å². The van der Waals surface area contributed by atoms with Gasteiger partial charge in [-0.2, -0.15) is 0 Å². The first-order valence-electron chi connectivity index (χ1n) is 9.93. The highest BCUT2D eigenvalue weighted by Crippen LogP contribution is 2.60. The first-order valence-corrected chi connectivity index (χ1v) is 9.93. The van der Waals surface area contributed by atoms with Crippen LogP contribution in [0.15, 0.2) is 29.4 Å². The van der Waals surface area contributed by atoms with Crippen LogP contribution in [0.25, 0.3) is 0 Å². The predicted octanol–water partition coefficient (Wildman–Crippen LogP) is 3.97. The first kappa shape index (κ1) is 19.4. The molecule has 0 radical (unpaired) electrons. The number of hydrogen-bond donors (Lipinski definition) is 1. The molecule has 0 spiro atoms. The molecule has 0 saturated heterocycles. The van der Waals surface area contributed by atoms with Crippen molar-refractivity contribution in [2.75, 3.05) is 27.2 Å².